The van der Waals surface area contributed by atoms with E-state index in [2.05, 4.69) is 15.3 Å². The fourth-order valence-corrected chi connectivity index (χ4v) is 6.15. The number of carbonyl (C=O) groups excluding carboxylic acids is 1. The average molecular weight is 477 g/mol. The van der Waals surface area contributed by atoms with Crippen LogP contribution in [0.25, 0.3) is 10.9 Å². The number of hydrogen-bond acceptors (Lipinski definition) is 7. The Labute approximate surface area is 190 Å². The van der Waals surface area contributed by atoms with Gasteiger partial charge in [-0.2, -0.15) is 0 Å². The van der Waals surface area contributed by atoms with Gasteiger partial charge in [0.1, 0.15) is 5.82 Å². The van der Waals surface area contributed by atoms with Crippen LogP contribution in [0, 0.1) is 0 Å². The van der Waals surface area contributed by atoms with Crippen LogP contribution in [0.1, 0.15) is 6.42 Å². The predicted molar refractivity (Wildman–Crippen MR) is 125 cm³/mol. The fourth-order valence-electron chi connectivity index (χ4n) is 3.42. The third kappa shape index (κ3) is 5.11. The lowest BCUT2D eigenvalue weighted by molar-refractivity contribution is -0.128. The molecule has 0 radical (unpaired) electrons. The van der Waals surface area contributed by atoms with Gasteiger partial charge in [0.05, 0.1) is 33.5 Å². The Hall–Kier alpha value is -2.36. The van der Waals surface area contributed by atoms with Crippen molar-refractivity contribution >= 4 is 61.5 Å². The van der Waals surface area contributed by atoms with Crippen LogP contribution in [0.3, 0.4) is 0 Å². The third-order valence-electron chi connectivity index (χ3n) is 5.18. The highest BCUT2D eigenvalue weighted by molar-refractivity contribution is 7.99. The van der Waals surface area contributed by atoms with Gasteiger partial charge >= 0.3 is 0 Å². The highest BCUT2D eigenvalue weighted by Gasteiger charge is 2.32. The van der Waals surface area contributed by atoms with E-state index in [1.807, 2.05) is 42.5 Å². The van der Waals surface area contributed by atoms with Crippen LogP contribution in [-0.2, 0) is 14.6 Å². The Morgan fingerprint density at radius 1 is 1.19 bits per heavy atom. The molecule has 0 bridgehead atoms. The topological polar surface area (TPSA) is 92.3 Å². The highest BCUT2D eigenvalue weighted by Crippen LogP contribution is 2.30. The van der Waals surface area contributed by atoms with Crippen molar-refractivity contribution in [2.45, 2.75) is 17.6 Å². The number of fused-ring (bicyclic) bond motifs is 1. The first-order valence-electron chi connectivity index (χ1n) is 9.69. The molecular formula is C21H21ClN4O3S2. The lowest BCUT2D eigenvalue weighted by atomic mass is 10.2. The summed E-state index contributed by atoms with van der Waals surface area (Å²) in [5.41, 5.74) is 1.47. The Bertz CT molecular complexity index is 1240. The van der Waals surface area contributed by atoms with E-state index in [1.165, 1.54) is 16.7 Å². The maximum absolute atomic E-state index is 12.6. The van der Waals surface area contributed by atoms with Crippen molar-refractivity contribution in [3.8, 4) is 0 Å². The van der Waals surface area contributed by atoms with Gasteiger partial charge in [-0.25, -0.2) is 18.4 Å². The number of halogens is 1. The summed E-state index contributed by atoms with van der Waals surface area (Å²) in [5.74, 6) is 0.732. The Balaban J connectivity index is 1.53. The number of anilines is 2. The molecule has 2 aromatic carbocycles. The molecule has 162 valence electrons. The molecule has 1 N–H and O–H groups in total. The summed E-state index contributed by atoms with van der Waals surface area (Å²) in [5, 5.41) is 5.13. The van der Waals surface area contributed by atoms with Gasteiger partial charge in [-0.05, 0) is 30.7 Å². The second kappa shape index (κ2) is 9.02. The summed E-state index contributed by atoms with van der Waals surface area (Å²) in [7, 11) is -1.40. The van der Waals surface area contributed by atoms with Crippen molar-refractivity contribution < 1.29 is 13.2 Å². The molecule has 1 fully saturated rings. The first-order valence-corrected chi connectivity index (χ1v) is 12.9. The number of benzene rings is 2. The van der Waals surface area contributed by atoms with Crippen LogP contribution in [-0.4, -0.2) is 59.5 Å². The number of nitrogens with one attached hydrogen (secondary N) is 1. The van der Waals surface area contributed by atoms with E-state index < -0.39 is 9.84 Å². The number of rotatable bonds is 6. The molecular weight excluding hydrogens is 456 g/mol. The van der Waals surface area contributed by atoms with Gasteiger partial charge in [-0.15, -0.1) is 0 Å². The Morgan fingerprint density at radius 3 is 2.68 bits per heavy atom. The van der Waals surface area contributed by atoms with Gasteiger partial charge < -0.3 is 10.2 Å². The van der Waals surface area contributed by atoms with E-state index in [4.69, 9.17) is 11.6 Å². The molecule has 1 atom stereocenters. The molecule has 0 saturated carbocycles. The summed E-state index contributed by atoms with van der Waals surface area (Å²) in [6.45, 7) is 0. The second-order valence-corrected chi connectivity index (χ2v) is 10.9. The van der Waals surface area contributed by atoms with Crippen LogP contribution in [0.5, 0.6) is 0 Å². The number of aromatic nitrogens is 2. The van der Waals surface area contributed by atoms with Crippen LogP contribution >= 0.6 is 23.4 Å². The average Bonchev–Trinajstić information content (AvgIpc) is 3.12. The van der Waals surface area contributed by atoms with Crippen molar-refractivity contribution in [1.29, 1.82) is 0 Å². The van der Waals surface area contributed by atoms with E-state index >= 15 is 0 Å². The minimum atomic E-state index is -3.05. The molecule has 1 aliphatic rings. The fraction of sp³-hybridized carbons (Fsp3) is 0.286. The molecule has 1 amide bonds. The molecule has 0 unspecified atom stereocenters. The molecule has 0 spiro atoms. The first-order chi connectivity index (χ1) is 14.8. The molecule has 3 aromatic rings. The SMILES string of the molecule is CN(C(=O)CSc1nc(Nc2ccccc2Cl)c2ccccc2n1)[C@@H]1CCS(=O)(=O)C1. The molecule has 1 aliphatic heterocycles. The maximum atomic E-state index is 12.6. The summed E-state index contributed by atoms with van der Waals surface area (Å²) in [6, 6.07) is 14.7. The molecule has 1 saturated heterocycles. The zero-order valence-electron chi connectivity index (χ0n) is 16.8. The Morgan fingerprint density at radius 2 is 1.94 bits per heavy atom. The second-order valence-electron chi connectivity index (χ2n) is 7.33. The summed E-state index contributed by atoms with van der Waals surface area (Å²) in [4.78, 5) is 23.3. The van der Waals surface area contributed by atoms with Crippen molar-refractivity contribution in [3.63, 3.8) is 0 Å². The van der Waals surface area contributed by atoms with Crippen LogP contribution in [0.4, 0.5) is 11.5 Å². The smallest absolute Gasteiger partial charge is 0.233 e. The summed E-state index contributed by atoms with van der Waals surface area (Å²) in [6.07, 6.45) is 0.480. The molecule has 2 heterocycles. The minimum absolute atomic E-state index is 0.0261. The van der Waals surface area contributed by atoms with Gasteiger partial charge in [0.15, 0.2) is 15.0 Å². The van der Waals surface area contributed by atoms with Crippen molar-refractivity contribution in [1.82, 2.24) is 14.9 Å². The van der Waals surface area contributed by atoms with E-state index in [-0.39, 0.29) is 29.2 Å². The zero-order chi connectivity index (χ0) is 22.0. The molecule has 0 aliphatic carbocycles. The maximum Gasteiger partial charge on any atom is 0.233 e. The monoisotopic (exact) mass is 476 g/mol. The van der Waals surface area contributed by atoms with E-state index in [0.717, 1.165) is 16.6 Å². The van der Waals surface area contributed by atoms with Gasteiger partial charge in [0, 0.05) is 18.5 Å². The normalized spacial score (nSPS) is 17.5. The number of hydrogen-bond donors (Lipinski definition) is 1. The molecule has 1 aromatic heterocycles. The lowest BCUT2D eigenvalue weighted by Gasteiger charge is -2.23. The number of thioether (sulfide) groups is 1. The number of sulfone groups is 1. The van der Waals surface area contributed by atoms with Gasteiger partial charge in [-0.1, -0.05) is 47.6 Å². The van der Waals surface area contributed by atoms with Crippen molar-refractivity contribution in [2.75, 3.05) is 29.6 Å². The van der Waals surface area contributed by atoms with Crippen LogP contribution < -0.4 is 5.32 Å². The van der Waals surface area contributed by atoms with Crippen molar-refractivity contribution in [3.05, 3.63) is 53.6 Å². The van der Waals surface area contributed by atoms with Crippen LogP contribution in [0.2, 0.25) is 5.02 Å². The minimum Gasteiger partial charge on any atom is -0.341 e. The molecule has 10 heteroatoms. The van der Waals surface area contributed by atoms with Crippen molar-refractivity contribution in [2.24, 2.45) is 0 Å². The zero-order valence-corrected chi connectivity index (χ0v) is 19.2. The van der Waals surface area contributed by atoms with E-state index in [9.17, 15) is 13.2 Å². The molecule has 7 nitrogen and oxygen atoms in total. The van der Waals surface area contributed by atoms with Gasteiger partial charge in [-0.3, -0.25) is 4.79 Å². The summed E-state index contributed by atoms with van der Waals surface area (Å²) >= 11 is 7.50. The predicted octanol–water partition coefficient (Wildman–Crippen LogP) is 3.76. The lowest BCUT2D eigenvalue weighted by Crippen LogP contribution is -2.38. The third-order valence-corrected chi connectivity index (χ3v) is 8.10. The molecule has 4 rings (SSSR count). The largest absolute Gasteiger partial charge is 0.341 e. The highest BCUT2D eigenvalue weighted by atomic mass is 35.5. The van der Waals surface area contributed by atoms with Crippen LogP contribution in [0.15, 0.2) is 53.7 Å². The number of para-hydroxylation sites is 2. The van der Waals surface area contributed by atoms with Gasteiger partial charge in [0.2, 0.25) is 5.91 Å². The quantitative estimate of drug-likeness (QED) is 0.427. The first kappa shape index (κ1) is 21.9. The molecule has 31 heavy (non-hydrogen) atoms. The Kier molecular flexibility index (Phi) is 6.36. The van der Waals surface area contributed by atoms with E-state index in [1.54, 1.807) is 13.1 Å². The van der Waals surface area contributed by atoms with Gasteiger partial charge in [0.25, 0.3) is 0 Å². The summed E-state index contributed by atoms with van der Waals surface area (Å²) < 4.78 is 23.4. The standard InChI is InChI=1S/C21H21ClN4O3S2/c1-26(14-10-11-31(28,29)13-14)19(27)12-30-21-24-17-8-4-2-6-15(17)20(25-21)23-18-9-5-3-7-16(18)22/h2-9,14H,10-13H2,1H3,(H,23,24,25)/t14-/m1/s1. The number of carbonyl (C=O) groups is 1. The number of amides is 1. The van der Waals surface area contributed by atoms with E-state index in [0.29, 0.717) is 22.4 Å². The number of nitrogens with zero attached hydrogens (tertiary/aromatic N) is 3.